The van der Waals surface area contributed by atoms with Gasteiger partial charge in [0.05, 0.1) is 13.0 Å². The summed E-state index contributed by atoms with van der Waals surface area (Å²) >= 11 is 0. The van der Waals surface area contributed by atoms with Gasteiger partial charge < -0.3 is 9.84 Å². The Morgan fingerprint density at radius 3 is 2.53 bits per heavy atom. The number of rotatable bonds is 3. The van der Waals surface area contributed by atoms with Crippen molar-refractivity contribution in [2.75, 3.05) is 13.7 Å². The van der Waals surface area contributed by atoms with Crippen LogP contribution in [0.15, 0.2) is 0 Å². The van der Waals surface area contributed by atoms with Crippen molar-refractivity contribution < 1.29 is 14.6 Å². The molecule has 0 aromatic heterocycles. The maximum absolute atomic E-state index is 11.9. The number of fused-ring (bicyclic) bond motifs is 9. The van der Waals surface area contributed by atoms with E-state index in [9.17, 15) is 9.90 Å². The highest BCUT2D eigenvalue weighted by atomic mass is 16.5. The molecule has 3 nitrogen and oxygen atoms in total. The second-order valence-electron chi connectivity index (χ2n) is 7.35. The maximum Gasteiger partial charge on any atom is 0.308 e. The van der Waals surface area contributed by atoms with Crippen LogP contribution in [-0.4, -0.2) is 24.8 Å². The summed E-state index contributed by atoms with van der Waals surface area (Å²) < 4.78 is 5.00. The molecule has 4 saturated carbocycles. The van der Waals surface area contributed by atoms with E-state index in [-0.39, 0.29) is 11.9 Å². The topological polar surface area (TPSA) is 46.5 Å². The molecule has 0 spiro atoms. The van der Waals surface area contributed by atoms with Crippen molar-refractivity contribution in [3.63, 3.8) is 0 Å². The van der Waals surface area contributed by atoms with Crippen LogP contribution in [-0.2, 0) is 9.53 Å². The van der Waals surface area contributed by atoms with Gasteiger partial charge in [0.15, 0.2) is 0 Å². The standard InChI is InChI=1S/C16H24O3/c1-19-16(18)13-7-10-6-12(13)15-9-4-8(2-3-17)11(5-9)14(10)15/h8-15,17H,2-7H2,1H3. The zero-order valence-corrected chi connectivity index (χ0v) is 11.6. The largest absolute Gasteiger partial charge is 0.469 e. The van der Waals surface area contributed by atoms with Crippen LogP contribution < -0.4 is 0 Å². The molecule has 4 aliphatic carbocycles. The Hall–Kier alpha value is -0.570. The first-order chi connectivity index (χ1) is 9.24. The summed E-state index contributed by atoms with van der Waals surface area (Å²) in [5.41, 5.74) is 0. The fraction of sp³-hybridized carbons (Fsp3) is 0.938. The van der Waals surface area contributed by atoms with E-state index in [4.69, 9.17) is 4.74 Å². The Kier molecular flexibility index (Phi) is 2.70. The van der Waals surface area contributed by atoms with E-state index < -0.39 is 0 Å². The number of ether oxygens (including phenoxy) is 1. The summed E-state index contributed by atoms with van der Waals surface area (Å²) in [5.74, 6) is 5.79. The van der Waals surface area contributed by atoms with E-state index in [1.807, 2.05) is 0 Å². The van der Waals surface area contributed by atoms with Crippen molar-refractivity contribution in [3.05, 3.63) is 0 Å². The van der Waals surface area contributed by atoms with Crippen molar-refractivity contribution in [1.82, 2.24) is 0 Å². The molecule has 0 amide bonds. The van der Waals surface area contributed by atoms with Crippen LogP contribution in [0.25, 0.3) is 0 Å². The second-order valence-corrected chi connectivity index (χ2v) is 7.35. The third-order valence-electron chi connectivity index (χ3n) is 6.96. The van der Waals surface area contributed by atoms with Gasteiger partial charge in [0.1, 0.15) is 0 Å². The lowest BCUT2D eigenvalue weighted by atomic mass is 9.64. The molecule has 3 heteroatoms. The quantitative estimate of drug-likeness (QED) is 0.627. The number of esters is 1. The Morgan fingerprint density at radius 1 is 1.11 bits per heavy atom. The lowest BCUT2D eigenvalue weighted by Crippen LogP contribution is -2.38. The molecule has 4 rings (SSSR count). The summed E-state index contributed by atoms with van der Waals surface area (Å²) in [7, 11) is 1.53. The molecule has 0 radical (unpaired) electrons. The van der Waals surface area contributed by atoms with Gasteiger partial charge >= 0.3 is 5.97 Å². The summed E-state index contributed by atoms with van der Waals surface area (Å²) in [4.78, 5) is 11.9. The Bertz CT molecular complexity index is 391. The van der Waals surface area contributed by atoms with Crippen LogP contribution in [0.5, 0.6) is 0 Å². The van der Waals surface area contributed by atoms with Crippen molar-refractivity contribution >= 4 is 5.97 Å². The van der Waals surface area contributed by atoms with Crippen molar-refractivity contribution in [1.29, 1.82) is 0 Å². The molecule has 0 heterocycles. The number of hydrogen-bond donors (Lipinski definition) is 1. The molecule has 0 aromatic rings. The highest BCUT2D eigenvalue weighted by Crippen LogP contribution is 2.70. The van der Waals surface area contributed by atoms with E-state index in [1.165, 1.54) is 26.4 Å². The van der Waals surface area contributed by atoms with E-state index in [0.717, 1.165) is 48.3 Å². The first-order valence-electron chi connectivity index (χ1n) is 7.93. The Balaban J connectivity index is 1.55. The van der Waals surface area contributed by atoms with Crippen LogP contribution in [0.3, 0.4) is 0 Å². The lowest BCUT2D eigenvalue weighted by molar-refractivity contribution is -0.149. The molecule has 8 unspecified atom stereocenters. The summed E-state index contributed by atoms with van der Waals surface area (Å²) in [6, 6.07) is 0. The molecular formula is C16H24O3. The minimum absolute atomic E-state index is 0.0423. The number of hydrogen-bond acceptors (Lipinski definition) is 3. The van der Waals surface area contributed by atoms with Gasteiger partial charge in [-0.15, -0.1) is 0 Å². The number of carbonyl (C=O) groups excluding carboxylic acids is 1. The fourth-order valence-corrected chi connectivity index (χ4v) is 6.66. The van der Waals surface area contributed by atoms with Crippen LogP contribution in [0.2, 0.25) is 0 Å². The number of aliphatic hydroxyl groups excluding tert-OH is 1. The van der Waals surface area contributed by atoms with E-state index in [2.05, 4.69) is 0 Å². The summed E-state index contributed by atoms with van der Waals surface area (Å²) in [5, 5.41) is 9.21. The van der Waals surface area contributed by atoms with Crippen molar-refractivity contribution in [3.8, 4) is 0 Å². The van der Waals surface area contributed by atoms with Crippen molar-refractivity contribution in [2.24, 2.45) is 47.3 Å². The van der Waals surface area contributed by atoms with Gasteiger partial charge in [-0.25, -0.2) is 0 Å². The molecule has 106 valence electrons. The monoisotopic (exact) mass is 264 g/mol. The second kappa shape index (κ2) is 4.21. The highest BCUT2D eigenvalue weighted by molar-refractivity contribution is 5.73. The molecule has 4 aliphatic rings. The Labute approximate surface area is 114 Å². The number of carbonyl (C=O) groups is 1. The smallest absolute Gasteiger partial charge is 0.308 e. The SMILES string of the molecule is COC(=O)C1CC2CC1C1C3CC(CCO)C(C3)C21. The zero-order valence-electron chi connectivity index (χ0n) is 11.6. The molecule has 4 bridgehead atoms. The van der Waals surface area contributed by atoms with Crippen LogP contribution >= 0.6 is 0 Å². The highest BCUT2D eigenvalue weighted by Gasteiger charge is 2.65. The zero-order chi connectivity index (χ0) is 13.1. The van der Waals surface area contributed by atoms with Gasteiger partial charge in [0.25, 0.3) is 0 Å². The van der Waals surface area contributed by atoms with Gasteiger partial charge in [0, 0.05) is 6.61 Å². The third kappa shape index (κ3) is 1.51. The molecule has 4 fully saturated rings. The van der Waals surface area contributed by atoms with Crippen LogP contribution in [0, 0.1) is 47.3 Å². The van der Waals surface area contributed by atoms with Crippen LogP contribution in [0.4, 0.5) is 0 Å². The minimum atomic E-state index is 0.0423. The molecule has 0 saturated heterocycles. The normalized spacial score (nSPS) is 53.6. The van der Waals surface area contributed by atoms with Gasteiger partial charge in [-0.3, -0.25) is 4.79 Å². The minimum Gasteiger partial charge on any atom is -0.469 e. The van der Waals surface area contributed by atoms with Crippen LogP contribution in [0.1, 0.15) is 32.1 Å². The first kappa shape index (κ1) is 12.2. The molecule has 8 atom stereocenters. The number of aliphatic hydroxyl groups is 1. The third-order valence-corrected chi connectivity index (χ3v) is 6.96. The van der Waals surface area contributed by atoms with Gasteiger partial charge in [0.2, 0.25) is 0 Å². The predicted octanol–water partition coefficient (Wildman–Crippen LogP) is 2.09. The van der Waals surface area contributed by atoms with E-state index in [0.29, 0.717) is 12.5 Å². The van der Waals surface area contributed by atoms with E-state index in [1.54, 1.807) is 0 Å². The molecular weight excluding hydrogens is 240 g/mol. The summed E-state index contributed by atoms with van der Waals surface area (Å²) in [6.07, 6.45) is 6.04. The first-order valence-corrected chi connectivity index (χ1v) is 7.93. The average molecular weight is 264 g/mol. The molecule has 0 aliphatic heterocycles. The predicted molar refractivity (Wildman–Crippen MR) is 70.1 cm³/mol. The van der Waals surface area contributed by atoms with Gasteiger partial charge in [-0.05, 0) is 73.5 Å². The van der Waals surface area contributed by atoms with Gasteiger partial charge in [-0.2, -0.15) is 0 Å². The maximum atomic E-state index is 11.9. The van der Waals surface area contributed by atoms with Crippen molar-refractivity contribution in [2.45, 2.75) is 32.1 Å². The Morgan fingerprint density at radius 2 is 1.79 bits per heavy atom. The molecule has 0 aromatic carbocycles. The van der Waals surface area contributed by atoms with Gasteiger partial charge in [-0.1, -0.05) is 0 Å². The number of methoxy groups -OCH3 is 1. The average Bonchev–Trinajstić information content (AvgIpc) is 3.14. The fourth-order valence-electron chi connectivity index (χ4n) is 6.66. The molecule has 19 heavy (non-hydrogen) atoms. The molecule has 1 N–H and O–H groups in total. The lowest BCUT2D eigenvalue weighted by Gasteiger charge is -2.40. The van der Waals surface area contributed by atoms with E-state index >= 15 is 0 Å². The summed E-state index contributed by atoms with van der Waals surface area (Å²) in [6.45, 7) is 0.351.